The van der Waals surface area contributed by atoms with Gasteiger partial charge >= 0.3 is 12.2 Å². The molecule has 0 aliphatic heterocycles. The highest BCUT2D eigenvalue weighted by Gasteiger charge is 2.44. The molecule has 0 unspecified atom stereocenters. The molecule has 1 fully saturated rings. The average molecular weight is 499 g/mol. The zero-order valence-corrected chi connectivity index (χ0v) is 19.2. The van der Waals surface area contributed by atoms with Crippen LogP contribution in [-0.4, -0.2) is 40.8 Å². The van der Waals surface area contributed by atoms with E-state index in [-0.39, 0.29) is 29.2 Å². The van der Waals surface area contributed by atoms with E-state index < -0.39 is 58.1 Å². The molecule has 2 heterocycles. The molecule has 0 saturated heterocycles. The fourth-order valence-corrected chi connectivity index (χ4v) is 4.12. The van der Waals surface area contributed by atoms with E-state index in [0.29, 0.717) is 19.0 Å². The summed E-state index contributed by atoms with van der Waals surface area (Å²) in [5, 5.41) is 0.0858. The number of fused-ring (bicyclic) bond motifs is 1. The van der Waals surface area contributed by atoms with Crippen LogP contribution in [0.2, 0.25) is 0 Å². The standard InChI is InChI=1S/C23H23F6N5O/c1-4-5-6-34(15-8-13(15)24)21-12-9-31-19(18(26)20(12)32-22(33-21)35-3)11-7-14(30)17(25)10(2)16(11)23(27,28)29/h7,9,13,15H,4-6,8,30H2,1-3H3/t13-,15-/m1/s1. The minimum absolute atomic E-state index is 0.0858. The summed E-state index contributed by atoms with van der Waals surface area (Å²) in [7, 11) is 1.25. The van der Waals surface area contributed by atoms with Crippen molar-refractivity contribution in [3.05, 3.63) is 35.0 Å². The van der Waals surface area contributed by atoms with Crippen molar-refractivity contribution in [1.82, 2.24) is 15.0 Å². The fourth-order valence-electron chi connectivity index (χ4n) is 4.12. The lowest BCUT2D eigenvalue weighted by atomic mass is 9.96. The number of aromatic nitrogens is 3. The lowest BCUT2D eigenvalue weighted by molar-refractivity contribution is -0.137. The number of pyridine rings is 1. The number of rotatable bonds is 7. The van der Waals surface area contributed by atoms with Crippen LogP contribution in [0, 0.1) is 18.6 Å². The molecule has 1 saturated carbocycles. The largest absolute Gasteiger partial charge is 0.467 e. The molecule has 0 amide bonds. The van der Waals surface area contributed by atoms with Crippen LogP contribution in [0.15, 0.2) is 12.3 Å². The molecule has 35 heavy (non-hydrogen) atoms. The lowest BCUT2D eigenvalue weighted by Gasteiger charge is -2.25. The summed E-state index contributed by atoms with van der Waals surface area (Å²) in [6, 6.07) is -0.0110. The number of anilines is 2. The fraction of sp³-hybridized carbons (Fsp3) is 0.435. The Morgan fingerprint density at radius 3 is 2.46 bits per heavy atom. The highest BCUT2D eigenvalue weighted by Crippen LogP contribution is 2.44. The minimum Gasteiger partial charge on any atom is -0.467 e. The molecule has 188 valence electrons. The van der Waals surface area contributed by atoms with Crippen LogP contribution in [0.3, 0.4) is 0 Å². The van der Waals surface area contributed by atoms with E-state index in [1.807, 2.05) is 6.92 Å². The first-order valence-electron chi connectivity index (χ1n) is 11.0. The smallest absolute Gasteiger partial charge is 0.417 e. The second kappa shape index (κ2) is 9.04. The van der Waals surface area contributed by atoms with E-state index in [2.05, 4.69) is 15.0 Å². The van der Waals surface area contributed by atoms with E-state index in [1.54, 1.807) is 4.90 Å². The summed E-state index contributed by atoms with van der Waals surface area (Å²) < 4.78 is 90.6. The van der Waals surface area contributed by atoms with Crippen LogP contribution < -0.4 is 15.4 Å². The van der Waals surface area contributed by atoms with Crippen LogP contribution >= 0.6 is 0 Å². The van der Waals surface area contributed by atoms with Gasteiger partial charge in [-0.3, -0.25) is 4.98 Å². The number of methoxy groups -OCH3 is 1. The first kappa shape index (κ1) is 24.8. The van der Waals surface area contributed by atoms with Gasteiger partial charge in [-0.2, -0.15) is 23.1 Å². The molecule has 2 N–H and O–H groups in total. The summed E-state index contributed by atoms with van der Waals surface area (Å²) >= 11 is 0. The van der Waals surface area contributed by atoms with Gasteiger partial charge in [0.25, 0.3) is 0 Å². The molecule has 6 nitrogen and oxygen atoms in total. The molecule has 0 bridgehead atoms. The topological polar surface area (TPSA) is 77.2 Å². The second-order valence-electron chi connectivity index (χ2n) is 8.41. The zero-order chi connectivity index (χ0) is 25.7. The van der Waals surface area contributed by atoms with Gasteiger partial charge < -0.3 is 15.4 Å². The maximum absolute atomic E-state index is 15.8. The number of hydrogen-bond acceptors (Lipinski definition) is 6. The molecule has 0 spiro atoms. The number of halogens is 6. The quantitative estimate of drug-likeness (QED) is 0.337. The SMILES string of the molecule is CCCCN(c1nc(OC)nc2c(F)c(-c3cc(N)c(F)c(C)c3C(F)(F)F)ncc12)[C@@H]1C[C@H]1F. The monoisotopic (exact) mass is 499 g/mol. The highest BCUT2D eigenvalue weighted by molar-refractivity contribution is 5.92. The molecule has 1 aliphatic rings. The number of nitrogens with zero attached hydrogens (tertiary/aromatic N) is 4. The Labute approximate surface area is 197 Å². The Kier molecular flexibility index (Phi) is 6.41. The van der Waals surface area contributed by atoms with Gasteiger partial charge in [0, 0.05) is 24.7 Å². The van der Waals surface area contributed by atoms with Crippen LogP contribution in [0.1, 0.15) is 37.3 Å². The third-order valence-corrected chi connectivity index (χ3v) is 6.00. The van der Waals surface area contributed by atoms with Crippen LogP contribution in [0.4, 0.5) is 37.8 Å². The summed E-state index contributed by atoms with van der Waals surface area (Å²) in [5.74, 6) is -2.26. The lowest BCUT2D eigenvalue weighted by Crippen LogP contribution is -2.30. The molecule has 0 radical (unpaired) electrons. The van der Waals surface area contributed by atoms with E-state index >= 15 is 4.39 Å². The molecule has 3 aromatic rings. The van der Waals surface area contributed by atoms with Gasteiger partial charge in [-0.25, -0.2) is 13.2 Å². The van der Waals surface area contributed by atoms with Crippen molar-refractivity contribution >= 4 is 22.4 Å². The number of alkyl halides is 4. The number of benzene rings is 1. The van der Waals surface area contributed by atoms with Crippen molar-refractivity contribution in [3.63, 3.8) is 0 Å². The van der Waals surface area contributed by atoms with Crippen LogP contribution in [0.5, 0.6) is 6.01 Å². The van der Waals surface area contributed by atoms with Gasteiger partial charge in [0.2, 0.25) is 0 Å². The highest BCUT2D eigenvalue weighted by atomic mass is 19.4. The van der Waals surface area contributed by atoms with Crippen molar-refractivity contribution in [2.75, 3.05) is 24.3 Å². The molecule has 12 heteroatoms. The van der Waals surface area contributed by atoms with Gasteiger partial charge in [0.15, 0.2) is 5.82 Å². The summed E-state index contributed by atoms with van der Waals surface area (Å²) in [6.07, 6.45) is -3.18. The van der Waals surface area contributed by atoms with Gasteiger partial charge in [0.1, 0.15) is 29.0 Å². The predicted molar refractivity (Wildman–Crippen MR) is 119 cm³/mol. The number of hydrogen-bond donors (Lipinski definition) is 1. The number of nitrogen functional groups attached to an aromatic ring is 1. The van der Waals surface area contributed by atoms with Crippen molar-refractivity contribution in [2.24, 2.45) is 0 Å². The van der Waals surface area contributed by atoms with Gasteiger partial charge in [0.05, 0.1) is 29.8 Å². The number of ether oxygens (including phenoxy) is 1. The molecular formula is C23H23F6N5O. The Bertz CT molecular complexity index is 1280. The van der Waals surface area contributed by atoms with E-state index in [9.17, 15) is 22.0 Å². The summed E-state index contributed by atoms with van der Waals surface area (Å²) in [5.41, 5.74) is 1.03. The number of unbranched alkanes of at least 4 members (excludes halogenated alkanes) is 1. The Morgan fingerprint density at radius 1 is 1.20 bits per heavy atom. The third kappa shape index (κ3) is 4.41. The average Bonchev–Trinajstić information content (AvgIpc) is 3.52. The summed E-state index contributed by atoms with van der Waals surface area (Å²) in [4.78, 5) is 13.9. The Balaban J connectivity index is 1.98. The molecule has 4 rings (SSSR count). The van der Waals surface area contributed by atoms with Crippen LogP contribution in [0.25, 0.3) is 22.2 Å². The zero-order valence-electron chi connectivity index (χ0n) is 19.2. The molecular weight excluding hydrogens is 476 g/mol. The van der Waals surface area contributed by atoms with E-state index in [0.717, 1.165) is 19.5 Å². The predicted octanol–water partition coefficient (Wildman–Crippen LogP) is 5.60. The normalized spacial score (nSPS) is 17.6. The minimum atomic E-state index is -5.01. The first-order valence-corrected chi connectivity index (χ1v) is 11.0. The van der Waals surface area contributed by atoms with Crippen LogP contribution in [-0.2, 0) is 6.18 Å². The Hall–Kier alpha value is -3.31. The first-order chi connectivity index (χ1) is 16.5. The molecule has 1 aliphatic carbocycles. The number of nitrogens with two attached hydrogens (primary N) is 1. The Morgan fingerprint density at radius 2 is 1.89 bits per heavy atom. The van der Waals surface area contributed by atoms with Crippen molar-refractivity contribution in [2.45, 2.75) is 51.5 Å². The second-order valence-corrected chi connectivity index (χ2v) is 8.41. The summed E-state index contributed by atoms with van der Waals surface area (Å²) in [6.45, 7) is 3.29. The van der Waals surface area contributed by atoms with Crippen molar-refractivity contribution in [1.29, 1.82) is 0 Å². The van der Waals surface area contributed by atoms with Crippen molar-refractivity contribution in [3.8, 4) is 17.3 Å². The maximum Gasteiger partial charge on any atom is 0.417 e. The third-order valence-electron chi connectivity index (χ3n) is 6.00. The molecule has 2 atom stereocenters. The van der Waals surface area contributed by atoms with Gasteiger partial charge in [-0.1, -0.05) is 13.3 Å². The van der Waals surface area contributed by atoms with Crippen molar-refractivity contribution < 1.29 is 31.1 Å². The molecule has 1 aromatic carbocycles. The maximum atomic E-state index is 15.8. The van der Waals surface area contributed by atoms with Gasteiger partial charge in [-0.15, -0.1) is 0 Å². The molecule has 2 aromatic heterocycles. The van der Waals surface area contributed by atoms with Gasteiger partial charge in [-0.05, 0) is 25.0 Å². The van der Waals surface area contributed by atoms with E-state index in [1.165, 1.54) is 7.11 Å². The van der Waals surface area contributed by atoms with E-state index in [4.69, 9.17) is 10.5 Å².